The molecule has 1 unspecified atom stereocenters. The fourth-order valence-electron chi connectivity index (χ4n) is 4.72. The molecule has 2 saturated heterocycles. The van der Waals surface area contributed by atoms with Crippen molar-refractivity contribution in [3.8, 4) is 0 Å². The molecule has 2 bridgehead atoms. The molecular formula is C22H31F3O4. The normalized spacial score (nSPS) is 32.9. The number of hydrogen-bond donors (Lipinski definition) is 0. The van der Waals surface area contributed by atoms with E-state index in [0.29, 0.717) is 6.61 Å². The fourth-order valence-corrected chi connectivity index (χ4v) is 4.72. The minimum absolute atomic E-state index is 0.113. The van der Waals surface area contributed by atoms with E-state index in [2.05, 4.69) is 13.8 Å². The Labute approximate surface area is 170 Å². The maximum Gasteiger partial charge on any atom is 0.416 e. The lowest BCUT2D eigenvalue weighted by molar-refractivity contribution is -0.216. The second kappa shape index (κ2) is 8.17. The van der Waals surface area contributed by atoms with Gasteiger partial charge in [-0.2, -0.15) is 13.2 Å². The number of alkyl halides is 3. The van der Waals surface area contributed by atoms with E-state index in [0.717, 1.165) is 18.9 Å². The lowest BCUT2D eigenvalue weighted by atomic mass is 9.73. The zero-order chi connectivity index (χ0) is 21.4. The minimum Gasteiger partial charge on any atom is -0.368 e. The summed E-state index contributed by atoms with van der Waals surface area (Å²) in [4.78, 5) is 0. The molecule has 0 saturated carbocycles. The molecule has 2 fully saturated rings. The Kier molecular flexibility index (Phi) is 6.35. The maximum atomic E-state index is 13.4. The smallest absolute Gasteiger partial charge is 0.368 e. The highest BCUT2D eigenvalue weighted by atomic mass is 19.4. The zero-order valence-corrected chi connectivity index (χ0v) is 17.7. The third-order valence-electron chi connectivity index (χ3n) is 6.25. The Morgan fingerprint density at radius 3 is 2.45 bits per heavy atom. The first-order valence-corrected chi connectivity index (χ1v) is 10.3. The van der Waals surface area contributed by atoms with Gasteiger partial charge in [0.15, 0.2) is 6.29 Å². The average molecular weight is 416 g/mol. The molecule has 3 rings (SSSR count). The molecule has 0 radical (unpaired) electrons. The Hall–Kier alpha value is -1.15. The van der Waals surface area contributed by atoms with Crippen molar-refractivity contribution >= 4 is 0 Å². The minimum atomic E-state index is -4.42. The van der Waals surface area contributed by atoms with Crippen LogP contribution in [0.5, 0.6) is 0 Å². The van der Waals surface area contributed by atoms with Crippen LogP contribution >= 0.6 is 0 Å². The van der Waals surface area contributed by atoms with Gasteiger partial charge in [0.25, 0.3) is 0 Å². The lowest BCUT2D eigenvalue weighted by Crippen LogP contribution is -2.54. The SMILES string of the molecule is CCOC(C)O[C@@H]1[C@@H](OCc2ccccc2C(F)(F)F)[C@]2(C)CC[C@@]1(C(C)C)O2. The molecule has 29 heavy (non-hydrogen) atoms. The third-order valence-corrected chi connectivity index (χ3v) is 6.25. The first-order valence-electron chi connectivity index (χ1n) is 10.3. The lowest BCUT2D eigenvalue weighted by Gasteiger charge is -2.40. The molecule has 5 atom stereocenters. The van der Waals surface area contributed by atoms with Crippen LogP contribution in [-0.2, 0) is 31.7 Å². The number of halogens is 3. The van der Waals surface area contributed by atoms with Crippen LogP contribution in [0, 0.1) is 5.92 Å². The van der Waals surface area contributed by atoms with E-state index in [1.54, 1.807) is 6.07 Å². The van der Waals surface area contributed by atoms with Crippen molar-refractivity contribution in [1.82, 2.24) is 0 Å². The van der Waals surface area contributed by atoms with Gasteiger partial charge in [-0.1, -0.05) is 32.0 Å². The molecule has 1 aromatic carbocycles. The van der Waals surface area contributed by atoms with Crippen LogP contribution in [-0.4, -0.2) is 36.3 Å². The molecule has 0 N–H and O–H groups in total. The molecule has 0 spiro atoms. The van der Waals surface area contributed by atoms with Gasteiger partial charge >= 0.3 is 6.18 Å². The van der Waals surface area contributed by atoms with E-state index in [1.165, 1.54) is 12.1 Å². The molecule has 0 aliphatic carbocycles. The quantitative estimate of drug-likeness (QED) is 0.537. The molecular weight excluding hydrogens is 385 g/mol. The first kappa shape index (κ1) is 22.5. The van der Waals surface area contributed by atoms with Gasteiger partial charge in [0, 0.05) is 6.61 Å². The van der Waals surface area contributed by atoms with Gasteiger partial charge < -0.3 is 18.9 Å². The zero-order valence-electron chi connectivity index (χ0n) is 17.7. The van der Waals surface area contributed by atoms with Gasteiger partial charge in [-0.25, -0.2) is 0 Å². The van der Waals surface area contributed by atoms with E-state index >= 15 is 0 Å². The van der Waals surface area contributed by atoms with E-state index in [1.807, 2.05) is 20.8 Å². The Balaban J connectivity index is 1.85. The fraction of sp³-hybridized carbons (Fsp3) is 0.727. The van der Waals surface area contributed by atoms with Gasteiger partial charge in [0.05, 0.1) is 17.8 Å². The molecule has 2 heterocycles. The van der Waals surface area contributed by atoms with Crippen LogP contribution in [0.4, 0.5) is 13.2 Å². The van der Waals surface area contributed by atoms with Crippen LogP contribution < -0.4 is 0 Å². The van der Waals surface area contributed by atoms with E-state index in [-0.39, 0.29) is 18.1 Å². The maximum absolute atomic E-state index is 13.4. The van der Waals surface area contributed by atoms with E-state index in [4.69, 9.17) is 18.9 Å². The largest absolute Gasteiger partial charge is 0.416 e. The highest BCUT2D eigenvalue weighted by Gasteiger charge is 2.68. The summed E-state index contributed by atoms with van der Waals surface area (Å²) in [5.41, 5.74) is -1.70. The van der Waals surface area contributed by atoms with Gasteiger partial charge in [-0.3, -0.25) is 0 Å². The van der Waals surface area contributed by atoms with Crippen molar-refractivity contribution in [1.29, 1.82) is 0 Å². The summed E-state index contributed by atoms with van der Waals surface area (Å²) in [6, 6.07) is 5.51. The van der Waals surface area contributed by atoms with Gasteiger partial charge in [-0.05, 0) is 51.2 Å². The summed E-state index contributed by atoms with van der Waals surface area (Å²) in [6.07, 6.45) is -4.18. The molecule has 0 amide bonds. The average Bonchev–Trinajstić information content (AvgIpc) is 3.11. The molecule has 7 heteroatoms. The van der Waals surface area contributed by atoms with Gasteiger partial charge in [-0.15, -0.1) is 0 Å². The molecule has 0 aromatic heterocycles. The van der Waals surface area contributed by atoms with Gasteiger partial charge in [0.2, 0.25) is 0 Å². The summed E-state index contributed by atoms with van der Waals surface area (Å²) < 4.78 is 64.4. The molecule has 1 aromatic rings. The van der Waals surface area contributed by atoms with Crippen molar-refractivity contribution in [2.24, 2.45) is 5.92 Å². The van der Waals surface area contributed by atoms with Crippen molar-refractivity contribution < 1.29 is 32.1 Å². The number of ether oxygens (including phenoxy) is 4. The second-order valence-electron chi connectivity index (χ2n) is 8.49. The van der Waals surface area contributed by atoms with Crippen LogP contribution in [0.1, 0.15) is 58.6 Å². The summed E-state index contributed by atoms with van der Waals surface area (Å²) in [6.45, 7) is 10.2. The topological polar surface area (TPSA) is 36.9 Å². The second-order valence-corrected chi connectivity index (χ2v) is 8.49. The van der Waals surface area contributed by atoms with Crippen molar-refractivity contribution in [3.63, 3.8) is 0 Å². The standard InChI is InChI=1S/C22H31F3O4/c1-6-26-15(4)28-19-18(20(5)11-12-21(19,29-20)14(2)3)27-13-16-9-7-8-10-17(16)22(23,24)25/h7-10,14-15,18-19H,6,11-13H2,1-5H3/t15?,18-,19-,20+,21+/m1/s1. The van der Waals surface area contributed by atoms with E-state index < -0.39 is 41.4 Å². The van der Waals surface area contributed by atoms with Crippen LogP contribution in [0.15, 0.2) is 24.3 Å². The number of hydrogen-bond acceptors (Lipinski definition) is 4. The summed E-state index contributed by atoms with van der Waals surface area (Å²) >= 11 is 0. The third kappa shape index (κ3) is 4.20. The Morgan fingerprint density at radius 1 is 1.14 bits per heavy atom. The van der Waals surface area contributed by atoms with E-state index in [9.17, 15) is 13.2 Å². The number of rotatable bonds is 8. The molecule has 4 nitrogen and oxygen atoms in total. The molecule has 2 aliphatic rings. The van der Waals surface area contributed by atoms with Crippen LogP contribution in [0.2, 0.25) is 0 Å². The summed E-state index contributed by atoms with van der Waals surface area (Å²) in [7, 11) is 0. The Bertz CT molecular complexity index is 708. The van der Waals surface area contributed by atoms with Crippen molar-refractivity contribution in [3.05, 3.63) is 35.4 Å². The molecule has 164 valence electrons. The first-order chi connectivity index (χ1) is 13.5. The molecule has 2 aliphatic heterocycles. The highest BCUT2D eigenvalue weighted by Crippen LogP contribution is 2.56. The van der Waals surface area contributed by atoms with Gasteiger partial charge in [0.1, 0.15) is 17.8 Å². The number of benzene rings is 1. The summed E-state index contributed by atoms with van der Waals surface area (Å²) in [5, 5.41) is 0. The predicted octanol–water partition coefficient (Wildman–Crippen LogP) is 5.34. The van der Waals surface area contributed by atoms with Crippen LogP contribution in [0.25, 0.3) is 0 Å². The number of fused-ring (bicyclic) bond motifs is 2. The Morgan fingerprint density at radius 2 is 1.83 bits per heavy atom. The monoisotopic (exact) mass is 416 g/mol. The van der Waals surface area contributed by atoms with Crippen LogP contribution in [0.3, 0.4) is 0 Å². The predicted molar refractivity (Wildman–Crippen MR) is 102 cm³/mol. The summed E-state index contributed by atoms with van der Waals surface area (Å²) in [5.74, 6) is 0.166. The van der Waals surface area contributed by atoms with Crippen molar-refractivity contribution in [2.45, 2.75) is 89.9 Å². The highest BCUT2D eigenvalue weighted by molar-refractivity contribution is 5.29. The van der Waals surface area contributed by atoms with Crippen molar-refractivity contribution in [2.75, 3.05) is 6.61 Å².